The van der Waals surface area contributed by atoms with Crippen molar-refractivity contribution in [2.45, 2.75) is 38.1 Å². The average molecular weight is 597 g/mol. The van der Waals surface area contributed by atoms with Crippen molar-refractivity contribution in [3.05, 3.63) is 65.1 Å². The number of halogens is 3. The first-order valence-corrected chi connectivity index (χ1v) is 14.5. The number of benzene rings is 2. The van der Waals surface area contributed by atoms with E-state index in [-0.39, 0.29) is 18.5 Å². The average Bonchev–Trinajstić information content (AvgIpc) is 3.02. The van der Waals surface area contributed by atoms with Crippen LogP contribution in [0.25, 0.3) is 10.9 Å². The smallest absolute Gasteiger partial charge is 0.246 e. The predicted molar refractivity (Wildman–Crippen MR) is 155 cm³/mol. The van der Waals surface area contributed by atoms with Crippen molar-refractivity contribution in [2.24, 2.45) is 5.92 Å². The summed E-state index contributed by atoms with van der Waals surface area (Å²) in [5.74, 6) is 2.24. The van der Waals surface area contributed by atoms with Crippen molar-refractivity contribution in [1.29, 1.82) is 0 Å². The third kappa shape index (κ3) is 7.21. The third-order valence-corrected chi connectivity index (χ3v) is 8.30. The van der Waals surface area contributed by atoms with Gasteiger partial charge in [0.2, 0.25) is 5.91 Å². The number of hydrogen-bond acceptors (Lipinski definition) is 7. The summed E-state index contributed by atoms with van der Waals surface area (Å²) < 4.78 is 52.6. The number of methoxy groups -OCH3 is 1. The summed E-state index contributed by atoms with van der Waals surface area (Å²) in [5.41, 5.74) is 4.41. The highest BCUT2D eigenvalue weighted by Gasteiger charge is 2.32. The summed E-state index contributed by atoms with van der Waals surface area (Å²) >= 11 is 0. The zero-order chi connectivity index (χ0) is 30.3. The van der Waals surface area contributed by atoms with Crippen LogP contribution in [0.1, 0.15) is 36.8 Å². The van der Waals surface area contributed by atoms with Gasteiger partial charge in [0.25, 0.3) is 0 Å². The van der Waals surface area contributed by atoms with Gasteiger partial charge in [-0.3, -0.25) is 19.9 Å². The number of nitrogens with one attached hydrogen (secondary N) is 1. The van der Waals surface area contributed by atoms with Crippen LogP contribution in [0.5, 0.6) is 5.75 Å². The number of aryl methyl sites for hydroxylation is 1. The van der Waals surface area contributed by atoms with E-state index in [0.717, 1.165) is 54.7 Å². The molecule has 0 saturated carbocycles. The fourth-order valence-corrected chi connectivity index (χ4v) is 6.03. The highest BCUT2D eigenvalue weighted by Crippen LogP contribution is 2.33. The number of rotatable bonds is 8. The summed E-state index contributed by atoms with van der Waals surface area (Å²) in [7, 11) is 1.64. The van der Waals surface area contributed by atoms with Crippen LogP contribution < -0.4 is 15.1 Å². The number of anilines is 1. The van der Waals surface area contributed by atoms with E-state index < -0.39 is 28.9 Å². The second-order valence-corrected chi connectivity index (χ2v) is 10.9. The molecule has 2 aromatic carbocycles. The van der Waals surface area contributed by atoms with E-state index in [9.17, 15) is 23.2 Å². The van der Waals surface area contributed by atoms with Gasteiger partial charge in [0.05, 0.1) is 49.8 Å². The van der Waals surface area contributed by atoms with Crippen molar-refractivity contribution >= 4 is 22.5 Å². The minimum atomic E-state index is -1.04. The van der Waals surface area contributed by atoms with Crippen LogP contribution in [-0.4, -0.2) is 73.5 Å². The number of aromatic nitrogens is 1. The van der Waals surface area contributed by atoms with Gasteiger partial charge in [-0.1, -0.05) is 11.8 Å². The first-order valence-electron chi connectivity index (χ1n) is 14.5. The molecule has 2 aliphatic heterocycles. The molecule has 1 aromatic heterocycles. The van der Waals surface area contributed by atoms with E-state index in [1.165, 1.54) is 5.56 Å². The molecule has 0 spiro atoms. The number of piperidine rings is 1. The van der Waals surface area contributed by atoms with Crippen LogP contribution in [0.3, 0.4) is 0 Å². The number of amides is 1. The standard InChI is InChI=1S/C32H35F3N4O4/c1-42-24-7-8-30-27(19-24)25(31(20-36-30)39-12-14-43-15-13-39)5-2-4-23-16-21(32(40)37-41)9-11-38(23)10-3-6-26-28(34)17-22(33)18-29(26)35/h7-8,17-21,23,41H,2,4-5,9-16H2,1H3,(H,37,40). The molecule has 5 rings (SSSR count). The largest absolute Gasteiger partial charge is 0.497 e. The molecule has 3 heterocycles. The number of carbonyl (C=O) groups excluding carboxylic acids is 1. The van der Waals surface area contributed by atoms with Gasteiger partial charge in [-0.15, -0.1) is 0 Å². The predicted octanol–water partition coefficient (Wildman–Crippen LogP) is 4.46. The van der Waals surface area contributed by atoms with Crippen LogP contribution in [0.15, 0.2) is 36.5 Å². The van der Waals surface area contributed by atoms with Crippen molar-refractivity contribution in [3.8, 4) is 17.6 Å². The minimum Gasteiger partial charge on any atom is -0.497 e. The number of pyridine rings is 1. The normalized spacial score (nSPS) is 19.1. The van der Waals surface area contributed by atoms with Crippen LogP contribution in [0, 0.1) is 35.2 Å². The molecule has 228 valence electrons. The number of morpholine rings is 1. The molecule has 0 radical (unpaired) electrons. The Hall–Kier alpha value is -3.85. The first-order chi connectivity index (χ1) is 20.9. The van der Waals surface area contributed by atoms with Gasteiger partial charge in [-0.05, 0) is 55.9 Å². The monoisotopic (exact) mass is 596 g/mol. The van der Waals surface area contributed by atoms with E-state index in [1.54, 1.807) is 12.6 Å². The SMILES string of the molecule is COc1ccc2ncc(N3CCOCC3)c(CCCC3CC(C(=O)NO)CCN3CC#Cc3c(F)cc(F)cc3F)c2c1. The number of nitrogens with zero attached hydrogens (tertiary/aromatic N) is 3. The molecule has 0 aliphatic carbocycles. The van der Waals surface area contributed by atoms with Gasteiger partial charge >= 0.3 is 0 Å². The zero-order valence-electron chi connectivity index (χ0n) is 24.0. The summed E-state index contributed by atoms with van der Waals surface area (Å²) in [6.45, 7) is 3.59. The molecular formula is C32H35F3N4O4. The van der Waals surface area contributed by atoms with Crippen LogP contribution >= 0.6 is 0 Å². The highest BCUT2D eigenvalue weighted by molar-refractivity contribution is 5.88. The van der Waals surface area contributed by atoms with Crippen LogP contribution in [-0.2, 0) is 16.0 Å². The summed E-state index contributed by atoms with van der Waals surface area (Å²) in [4.78, 5) is 21.4. The maximum Gasteiger partial charge on any atom is 0.246 e. The molecule has 1 amide bonds. The molecular weight excluding hydrogens is 561 g/mol. The number of hydrogen-bond donors (Lipinski definition) is 2. The number of carbonyl (C=O) groups is 1. The minimum absolute atomic E-state index is 0.0530. The molecule has 2 N–H and O–H groups in total. The van der Waals surface area contributed by atoms with E-state index >= 15 is 0 Å². The van der Waals surface area contributed by atoms with E-state index in [0.29, 0.717) is 44.7 Å². The second kappa shape index (κ2) is 14.1. The fourth-order valence-electron chi connectivity index (χ4n) is 6.03. The lowest BCUT2D eigenvalue weighted by atomic mass is 9.87. The van der Waals surface area contributed by atoms with Crippen molar-refractivity contribution < 1.29 is 32.6 Å². The van der Waals surface area contributed by atoms with Gasteiger partial charge in [0.15, 0.2) is 0 Å². The maximum atomic E-state index is 14.1. The molecule has 8 nitrogen and oxygen atoms in total. The summed E-state index contributed by atoms with van der Waals surface area (Å²) in [6, 6.07) is 7.02. The Morgan fingerprint density at radius 1 is 1.16 bits per heavy atom. The Bertz CT molecular complexity index is 1500. The van der Waals surface area contributed by atoms with E-state index in [2.05, 4.69) is 21.6 Å². The highest BCUT2D eigenvalue weighted by atomic mass is 19.1. The quantitative estimate of drug-likeness (QED) is 0.226. The lowest BCUT2D eigenvalue weighted by Crippen LogP contribution is -2.46. The Morgan fingerprint density at radius 3 is 2.65 bits per heavy atom. The van der Waals surface area contributed by atoms with E-state index in [1.807, 2.05) is 24.4 Å². The fraction of sp³-hybridized carbons (Fsp3) is 0.438. The zero-order valence-corrected chi connectivity index (χ0v) is 24.0. The maximum absolute atomic E-state index is 14.1. The van der Waals surface area contributed by atoms with Gasteiger partial charge in [0, 0.05) is 49.1 Å². The van der Waals surface area contributed by atoms with Gasteiger partial charge in [0.1, 0.15) is 23.2 Å². The molecule has 2 aliphatic rings. The van der Waals surface area contributed by atoms with Crippen molar-refractivity contribution in [1.82, 2.24) is 15.4 Å². The summed E-state index contributed by atoms with van der Waals surface area (Å²) in [5, 5.41) is 10.3. The van der Waals surface area contributed by atoms with Crippen LogP contribution in [0.2, 0.25) is 0 Å². The molecule has 11 heteroatoms. The van der Waals surface area contributed by atoms with Gasteiger partial charge < -0.3 is 14.4 Å². The Labute approximate surface area is 248 Å². The third-order valence-electron chi connectivity index (χ3n) is 8.30. The Balaban J connectivity index is 1.36. The van der Waals surface area contributed by atoms with Gasteiger partial charge in [-0.2, -0.15) is 0 Å². The number of hydroxylamine groups is 1. The first kappa shape index (κ1) is 30.6. The molecule has 2 saturated heterocycles. The van der Waals surface area contributed by atoms with Crippen molar-refractivity contribution in [3.63, 3.8) is 0 Å². The molecule has 3 aromatic rings. The number of likely N-dealkylation sites (tertiary alicyclic amines) is 1. The number of ether oxygens (including phenoxy) is 2. The molecule has 0 bridgehead atoms. The lowest BCUT2D eigenvalue weighted by molar-refractivity contribution is -0.135. The van der Waals surface area contributed by atoms with Crippen molar-refractivity contribution in [2.75, 3.05) is 51.4 Å². The lowest BCUT2D eigenvalue weighted by Gasteiger charge is -2.38. The molecule has 43 heavy (non-hydrogen) atoms. The molecule has 2 fully saturated rings. The molecule has 2 atom stereocenters. The Kier molecular flexibility index (Phi) is 10.0. The van der Waals surface area contributed by atoms with E-state index in [4.69, 9.17) is 14.5 Å². The topological polar surface area (TPSA) is 87.2 Å². The summed E-state index contributed by atoms with van der Waals surface area (Å²) in [6.07, 6.45) is 5.21. The molecule has 2 unspecified atom stereocenters. The second-order valence-electron chi connectivity index (χ2n) is 10.9. The van der Waals surface area contributed by atoms with Gasteiger partial charge in [-0.25, -0.2) is 18.7 Å². The van der Waals surface area contributed by atoms with Crippen LogP contribution in [0.4, 0.5) is 18.9 Å². The Morgan fingerprint density at radius 2 is 1.93 bits per heavy atom. The number of fused-ring (bicyclic) bond motifs is 1.